The van der Waals surface area contributed by atoms with Crippen molar-refractivity contribution in [3.63, 3.8) is 0 Å². The third-order valence-corrected chi connectivity index (χ3v) is 7.67. The van der Waals surface area contributed by atoms with Crippen molar-refractivity contribution in [2.75, 3.05) is 18.5 Å². The number of sulfonamides is 1. The maximum atomic E-state index is 12.3. The van der Waals surface area contributed by atoms with Crippen molar-refractivity contribution in [1.29, 1.82) is 0 Å². The number of nitrogens with zero attached hydrogens (tertiary/aromatic N) is 1. The smallest absolute Gasteiger partial charge is 0.328 e. The number of nitrogens with two attached hydrogens (primary N) is 1. The molecule has 0 saturated heterocycles. The van der Waals surface area contributed by atoms with E-state index in [-0.39, 0.29) is 10.7 Å². The highest BCUT2D eigenvalue weighted by Gasteiger charge is 2.30. The molecule has 32 heavy (non-hydrogen) atoms. The Balaban J connectivity index is 1.36. The van der Waals surface area contributed by atoms with Crippen LogP contribution in [0.2, 0.25) is 0 Å². The van der Waals surface area contributed by atoms with Gasteiger partial charge in [0.05, 0.1) is 10.5 Å². The van der Waals surface area contributed by atoms with Gasteiger partial charge in [-0.3, -0.25) is 24.1 Å². The number of carbonyl (C=O) groups is 3. The maximum Gasteiger partial charge on any atom is 0.328 e. The normalized spacial score (nSPS) is 17.2. The molecule has 12 heteroatoms. The van der Waals surface area contributed by atoms with Crippen LogP contribution in [0.25, 0.3) is 0 Å². The van der Waals surface area contributed by atoms with Gasteiger partial charge in [0.1, 0.15) is 17.4 Å². The van der Waals surface area contributed by atoms with Gasteiger partial charge in [-0.1, -0.05) is 12.1 Å². The van der Waals surface area contributed by atoms with Crippen molar-refractivity contribution in [1.82, 2.24) is 4.72 Å². The average Bonchev–Trinajstić information content (AvgIpc) is 3.25. The van der Waals surface area contributed by atoms with E-state index in [1.54, 1.807) is 18.2 Å². The molecule has 2 aromatic rings. The van der Waals surface area contributed by atoms with Crippen LogP contribution in [0.15, 0.2) is 34.2 Å². The number of esters is 1. The van der Waals surface area contributed by atoms with Gasteiger partial charge in [-0.2, -0.15) is 0 Å². The number of fused-ring (bicyclic) bond motifs is 2. The summed E-state index contributed by atoms with van der Waals surface area (Å²) in [6.45, 7) is -1.05. The summed E-state index contributed by atoms with van der Waals surface area (Å²) in [4.78, 5) is 41.2. The Morgan fingerprint density at radius 3 is 2.72 bits per heavy atom. The zero-order valence-corrected chi connectivity index (χ0v) is 18.5. The predicted molar refractivity (Wildman–Crippen MR) is 117 cm³/mol. The van der Waals surface area contributed by atoms with E-state index in [9.17, 15) is 22.8 Å². The number of hydrogen-bond acceptors (Lipinski definition) is 8. The Morgan fingerprint density at radius 1 is 1.19 bits per heavy atom. The molecule has 1 aliphatic carbocycles. The van der Waals surface area contributed by atoms with Crippen molar-refractivity contribution in [3.05, 3.63) is 45.8 Å². The minimum Gasteiger partial charge on any atom is -0.454 e. The Morgan fingerprint density at radius 2 is 1.94 bits per heavy atom. The summed E-state index contributed by atoms with van der Waals surface area (Å²) in [7, 11) is -3.71. The first-order valence-corrected chi connectivity index (χ1v) is 12.1. The Hall–Kier alpha value is -3.25. The van der Waals surface area contributed by atoms with Crippen LogP contribution in [0.3, 0.4) is 0 Å². The number of nitrogens with one attached hydrogen (secondary N) is 2. The van der Waals surface area contributed by atoms with Crippen molar-refractivity contribution in [2.45, 2.75) is 30.6 Å². The summed E-state index contributed by atoms with van der Waals surface area (Å²) in [5, 5.41) is 2.96. The van der Waals surface area contributed by atoms with Crippen molar-refractivity contribution in [2.24, 2.45) is 10.7 Å². The molecule has 1 aliphatic heterocycles. The lowest BCUT2D eigenvalue weighted by atomic mass is 9.95. The summed E-state index contributed by atoms with van der Waals surface area (Å²) in [5.74, 6) is -1.99. The number of amides is 2. The van der Waals surface area contributed by atoms with Crippen LogP contribution in [-0.4, -0.2) is 45.2 Å². The van der Waals surface area contributed by atoms with E-state index in [2.05, 4.69) is 15.0 Å². The second-order valence-corrected chi connectivity index (χ2v) is 10.0. The first-order chi connectivity index (χ1) is 15.3. The molecule has 4 rings (SSSR count). The molecule has 1 aromatic carbocycles. The molecule has 4 N–H and O–H groups in total. The third kappa shape index (κ3) is 4.36. The van der Waals surface area contributed by atoms with Crippen molar-refractivity contribution >= 4 is 50.0 Å². The van der Waals surface area contributed by atoms with E-state index in [0.29, 0.717) is 16.1 Å². The molecule has 0 fully saturated rings. The molecular weight excluding hydrogens is 456 g/mol. The van der Waals surface area contributed by atoms with Crippen molar-refractivity contribution in [3.8, 4) is 0 Å². The lowest BCUT2D eigenvalue weighted by Crippen LogP contribution is -2.25. The topological polar surface area (TPSA) is 157 Å². The van der Waals surface area contributed by atoms with Gasteiger partial charge < -0.3 is 15.8 Å². The number of hydrogen-bond donors (Lipinski definition) is 3. The number of aryl methyl sites for hydroxylation is 1. The summed E-state index contributed by atoms with van der Waals surface area (Å²) in [5.41, 5.74) is 7.07. The number of benzene rings is 1. The monoisotopic (exact) mass is 476 g/mol. The van der Waals surface area contributed by atoms with E-state index in [1.807, 2.05) is 0 Å². The van der Waals surface area contributed by atoms with Gasteiger partial charge in [-0.05, 0) is 43.4 Å². The molecule has 0 bridgehead atoms. The molecule has 168 valence electrons. The third-order valence-electron chi connectivity index (χ3n) is 5.06. The average molecular weight is 477 g/mol. The number of anilines is 1. The second kappa shape index (κ2) is 8.71. The summed E-state index contributed by atoms with van der Waals surface area (Å²) < 4.78 is 31.3. The molecule has 0 saturated carbocycles. The predicted octanol–water partition coefficient (Wildman–Crippen LogP) is 0.946. The Bertz CT molecular complexity index is 1250. The molecule has 2 aliphatic rings. The number of thiophene rings is 1. The maximum absolute atomic E-state index is 12.3. The molecule has 0 atom stereocenters. The van der Waals surface area contributed by atoms with Crippen LogP contribution in [-0.2, 0) is 37.2 Å². The molecule has 2 heterocycles. The van der Waals surface area contributed by atoms with E-state index >= 15 is 0 Å². The van der Waals surface area contributed by atoms with Gasteiger partial charge in [-0.15, -0.1) is 11.3 Å². The van der Waals surface area contributed by atoms with Crippen LogP contribution in [0, 0.1) is 0 Å². The van der Waals surface area contributed by atoms with Crippen LogP contribution in [0.5, 0.6) is 0 Å². The highest BCUT2D eigenvalue weighted by Crippen LogP contribution is 2.37. The van der Waals surface area contributed by atoms with Crippen LogP contribution in [0.4, 0.5) is 5.00 Å². The van der Waals surface area contributed by atoms with Gasteiger partial charge in [0.15, 0.2) is 6.61 Å². The summed E-state index contributed by atoms with van der Waals surface area (Å²) >= 11 is 1.31. The Kier molecular flexibility index (Phi) is 5.98. The van der Waals surface area contributed by atoms with E-state index in [1.165, 1.54) is 17.4 Å². The molecule has 0 spiro atoms. The van der Waals surface area contributed by atoms with Gasteiger partial charge in [0, 0.05) is 10.4 Å². The quantitative estimate of drug-likeness (QED) is 0.527. The Labute approximate surface area is 187 Å². The number of carbonyl (C=O) groups excluding carboxylic acids is 3. The fourth-order valence-electron chi connectivity index (χ4n) is 3.66. The zero-order valence-electron chi connectivity index (χ0n) is 16.8. The minimum absolute atomic E-state index is 0.0391. The summed E-state index contributed by atoms with van der Waals surface area (Å²) in [6, 6.07) is 6.25. The highest BCUT2D eigenvalue weighted by atomic mass is 32.2. The number of aliphatic imine (C=N–C) groups is 1. The lowest BCUT2D eigenvalue weighted by Gasteiger charge is -2.11. The van der Waals surface area contributed by atoms with Gasteiger partial charge in [0.25, 0.3) is 21.8 Å². The van der Waals surface area contributed by atoms with E-state index < -0.39 is 41.0 Å². The second-order valence-electron chi connectivity index (χ2n) is 7.25. The molecule has 2 amide bonds. The number of amidine groups is 1. The molecular formula is C20H20N4O6S2. The van der Waals surface area contributed by atoms with Crippen molar-refractivity contribution < 1.29 is 27.5 Å². The number of rotatable bonds is 6. The number of ether oxygens (including phenoxy) is 1. The van der Waals surface area contributed by atoms with E-state index in [4.69, 9.17) is 10.5 Å². The SMILES string of the molecule is NC(=O)c1c(NC(=O)COC(=O)CN=C2NS(=O)(=O)c3ccccc32)sc2c1CCCC2. The molecule has 0 unspecified atom stereocenters. The lowest BCUT2D eigenvalue weighted by molar-refractivity contribution is -0.145. The van der Waals surface area contributed by atoms with Crippen LogP contribution >= 0.6 is 11.3 Å². The fourth-order valence-corrected chi connectivity index (χ4v) is 6.23. The first kappa shape index (κ1) is 22.0. The minimum atomic E-state index is -3.71. The molecule has 1 aromatic heterocycles. The van der Waals surface area contributed by atoms with Crippen LogP contribution in [0.1, 0.15) is 39.2 Å². The van der Waals surface area contributed by atoms with Gasteiger partial charge >= 0.3 is 5.97 Å². The van der Waals surface area contributed by atoms with Crippen LogP contribution < -0.4 is 15.8 Å². The zero-order chi connectivity index (χ0) is 22.9. The number of primary amides is 1. The molecule has 10 nitrogen and oxygen atoms in total. The van der Waals surface area contributed by atoms with Gasteiger partial charge in [-0.25, -0.2) is 8.42 Å². The fraction of sp³-hybridized carbons (Fsp3) is 0.300. The highest BCUT2D eigenvalue weighted by molar-refractivity contribution is 7.90. The first-order valence-electron chi connectivity index (χ1n) is 9.83. The van der Waals surface area contributed by atoms with E-state index in [0.717, 1.165) is 36.1 Å². The van der Waals surface area contributed by atoms with Gasteiger partial charge in [0.2, 0.25) is 0 Å². The standard InChI is InChI=1S/C20H20N4O6S2/c21-18(27)17-11-5-1-3-7-13(11)31-20(17)23-15(25)10-30-16(26)9-22-19-12-6-2-4-8-14(12)32(28,29)24-19/h2,4,6,8H,1,3,5,7,9-10H2,(H2,21,27)(H,22,24)(H,23,25). The summed E-state index contributed by atoms with van der Waals surface area (Å²) in [6.07, 6.45) is 3.54. The largest absolute Gasteiger partial charge is 0.454 e. The molecule has 0 radical (unpaired) electrons.